The second kappa shape index (κ2) is 4.19. The van der Waals surface area contributed by atoms with Gasteiger partial charge in [0.05, 0.1) is 21.9 Å². The van der Waals surface area contributed by atoms with Gasteiger partial charge in [-0.15, -0.1) is 5.10 Å². The lowest BCUT2D eigenvalue weighted by Gasteiger charge is -2.04. The molecule has 0 amide bonds. The van der Waals surface area contributed by atoms with E-state index in [1.165, 1.54) is 18.3 Å². The van der Waals surface area contributed by atoms with Gasteiger partial charge in [-0.05, 0) is 12.1 Å². The van der Waals surface area contributed by atoms with Crippen molar-refractivity contribution in [2.75, 3.05) is 5.73 Å². The van der Waals surface area contributed by atoms with Crippen LogP contribution in [0.5, 0.6) is 0 Å². The quantitative estimate of drug-likeness (QED) is 0.799. The van der Waals surface area contributed by atoms with E-state index in [4.69, 9.17) is 28.9 Å². The summed E-state index contributed by atoms with van der Waals surface area (Å²) in [5.41, 5.74) is 6.07. The Hall–Kier alpha value is -1.46. The minimum absolute atomic E-state index is 0.0103. The summed E-state index contributed by atoms with van der Waals surface area (Å²) in [7, 11) is 0. The molecule has 0 radical (unpaired) electrons. The summed E-state index contributed by atoms with van der Waals surface area (Å²) in [6.07, 6.45) is 1.34. The number of nitrogen functional groups attached to an aromatic ring is 1. The van der Waals surface area contributed by atoms with Crippen molar-refractivity contribution in [1.82, 2.24) is 15.2 Å². The summed E-state index contributed by atoms with van der Waals surface area (Å²) >= 11 is 11.5. The Morgan fingerprint density at radius 2 is 1.94 bits per heavy atom. The minimum atomic E-state index is -0.585. The zero-order valence-corrected chi connectivity index (χ0v) is 9.30. The Bertz CT molecular complexity index is 547. The molecule has 0 aliphatic carbocycles. The van der Waals surface area contributed by atoms with E-state index in [0.717, 1.165) is 0 Å². The third-order valence-corrected chi connectivity index (χ3v) is 2.46. The number of nitrogens with two attached hydrogens (primary N) is 1. The second-order valence-corrected chi connectivity index (χ2v) is 3.76. The molecule has 0 atom stereocenters. The molecule has 0 saturated carbocycles. The molecule has 0 saturated heterocycles. The standard InChI is InChI=1S/C9H5Cl2FN4/c10-5-2-6(11)7(12)1-4(5)8-3-14-16-9(13)15-8/h1-3H,(H2,13,15,16). The summed E-state index contributed by atoms with van der Waals surface area (Å²) in [5, 5.41) is 7.31. The van der Waals surface area contributed by atoms with Crippen LogP contribution in [0.1, 0.15) is 0 Å². The summed E-state index contributed by atoms with van der Waals surface area (Å²) in [4.78, 5) is 3.89. The molecule has 1 aromatic heterocycles. The average Bonchev–Trinajstić information content (AvgIpc) is 2.23. The number of hydrogen-bond donors (Lipinski definition) is 1. The molecular formula is C9H5Cl2FN4. The first-order valence-corrected chi connectivity index (χ1v) is 4.93. The molecule has 0 fully saturated rings. The molecule has 0 spiro atoms. The van der Waals surface area contributed by atoms with Crippen molar-refractivity contribution in [3.8, 4) is 11.3 Å². The topological polar surface area (TPSA) is 64.7 Å². The Morgan fingerprint density at radius 3 is 2.62 bits per heavy atom. The number of hydrogen-bond acceptors (Lipinski definition) is 4. The zero-order valence-electron chi connectivity index (χ0n) is 7.78. The van der Waals surface area contributed by atoms with Gasteiger partial charge in [0, 0.05) is 5.56 Å². The lowest BCUT2D eigenvalue weighted by atomic mass is 10.1. The van der Waals surface area contributed by atoms with Gasteiger partial charge in [-0.2, -0.15) is 5.10 Å². The van der Waals surface area contributed by atoms with Crippen LogP contribution in [0.4, 0.5) is 10.3 Å². The van der Waals surface area contributed by atoms with Crippen LogP contribution >= 0.6 is 23.2 Å². The van der Waals surface area contributed by atoms with E-state index < -0.39 is 5.82 Å². The van der Waals surface area contributed by atoms with Crippen molar-refractivity contribution in [2.24, 2.45) is 0 Å². The van der Waals surface area contributed by atoms with Crippen molar-refractivity contribution >= 4 is 29.2 Å². The first-order chi connectivity index (χ1) is 7.58. The molecule has 2 N–H and O–H groups in total. The Balaban J connectivity index is 2.60. The average molecular weight is 259 g/mol. The highest BCUT2D eigenvalue weighted by molar-refractivity contribution is 6.36. The minimum Gasteiger partial charge on any atom is -0.366 e. The summed E-state index contributed by atoms with van der Waals surface area (Å²) in [6.45, 7) is 0. The van der Waals surface area contributed by atoms with Crippen LogP contribution in [0.25, 0.3) is 11.3 Å². The number of benzene rings is 1. The van der Waals surface area contributed by atoms with Gasteiger partial charge >= 0.3 is 0 Å². The maximum Gasteiger partial charge on any atom is 0.240 e. The normalized spacial score (nSPS) is 10.4. The second-order valence-electron chi connectivity index (χ2n) is 2.95. The van der Waals surface area contributed by atoms with Gasteiger partial charge in [-0.3, -0.25) is 0 Å². The third kappa shape index (κ3) is 2.05. The summed E-state index contributed by atoms with van der Waals surface area (Å²) in [5.74, 6) is -0.595. The molecule has 0 aliphatic rings. The summed E-state index contributed by atoms with van der Waals surface area (Å²) in [6, 6.07) is 2.47. The summed E-state index contributed by atoms with van der Waals surface area (Å²) < 4.78 is 13.3. The monoisotopic (exact) mass is 258 g/mol. The van der Waals surface area contributed by atoms with Crippen molar-refractivity contribution in [3.05, 3.63) is 34.2 Å². The van der Waals surface area contributed by atoms with E-state index >= 15 is 0 Å². The molecule has 7 heteroatoms. The van der Waals surface area contributed by atoms with Crippen LogP contribution in [-0.4, -0.2) is 15.2 Å². The highest BCUT2D eigenvalue weighted by Crippen LogP contribution is 2.30. The molecule has 16 heavy (non-hydrogen) atoms. The maximum atomic E-state index is 13.3. The maximum absolute atomic E-state index is 13.3. The van der Waals surface area contributed by atoms with Crippen LogP contribution in [0.3, 0.4) is 0 Å². The number of aromatic nitrogens is 3. The molecule has 1 heterocycles. The van der Waals surface area contributed by atoms with Gasteiger partial charge in [0.15, 0.2) is 0 Å². The highest BCUT2D eigenvalue weighted by Gasteiger charge is 2.11. The van der Waals surface area contributed by atoms with E-state index in [1.807, 2.05) is 0 Å². The molecule has 2 aromatic rings. The Kier molecular flexibility index (Phi) is 2.89. The molecule has 0 bridgehead atoms. The smallest absolute Gasteiger partial charge is 0.240 e. The van der Waals surface area contributed by atoms with Crippen LogP contribution < -0.4 is 5.73 Å². The van der Waals surface area contributed by atoms with Gasteiger partial charge in [-0.1, -0.05) is 23.2 Å². The van der Waals surface area contributed by atoms with Crippen molar-refractivity contribution in [1.29, 1.82) is 0 Å². The van der Waals surface area contributed by atoms with E-state index in [9.17, 15) is 4.39 Å². The van der Waals surface area contributed by atoms with Gasteiger partial charge in [-0.25, -0.2) is 9.37 Å². The molecule has 2 rings (SSSR count). The number of halogens is 3. The van der Waals surface area contributed by atoms with E-state index in [2.05, 4.69) is 15.2 Å². The van der Waals surface area contributed by atoms with Gasteiger partial charge in [0.25, 0.3) is 0 Å². The first-order valence-electron chi connectivity index (χ1n) is 4.18. The SMILES string of the molecule is Nc1nncc(-c2cc(F)c(Cl)cc2Cl)n1. The Labute approximate surface area is 100 Å². The van der Waals surface area contributed by atoms with Crippen molar-refractivity contribution in [2.45, 2.75) is 0 Å². The fourth-order valence-corrected chi connectivity index (χ4v) is 1.65. The van der Waals surface area contributed by atoms with Gasteiger partial charge in [0.2, 0.25) is 5.95 Å². The lowest BCUT2D eigenvalue weighted by Crippen LogP contribution is -1.98. The largest absolute Gasteiger partial charge is 0.366 e. The van der Waals surface area contributed by atoms with E-state index in [0.29, 0.717) is 11.3 Å². The number of anilines is 1. The molecular weight excluding hydrogens is 254 g/mol. The van der Waals surface area contributed by atoms with Crippen LogP contribution in [0.2, 0.25) is 10.0 Å². The van der Waals surface area contributed by atoms with Gasteiger partial charge < -0.3 is 5.73 Å². The fraction of sp³-hybridized carbons (Fsp3) is 0. The predicted molar refractivity (Wildman–Crippen MR) is 59.7 cm³/mol. The molecule has 82 valence electrons. The predicted octanol–water partition coefficient (Wildman–Crippen LogP) is 2.57. The Morgan fingerprint density at radius 1 is 1.19 bits per heavy atom. The van der Waals surface area contributed by atoms with E-state index in [1.54, 1.807) is 0 Å². The van der Waals surface area contributed by atoms with Crippen LogP contribution in [0, 0.1) is 5.82 Å². The highest BCUT2D eigenvalue weighted by atomic mass is 35.5. The van der Waals surface area contributed by atoms with Crippen molar-refractivity contribution < 1.29 is 4.39 Å². The zero-order chi connectivity index (χ0) is 11.7. The van der Waals surface area contributed by atoms with Crippen LogP contribution in [-0.2, 0) is 0 Å². The van der Waals surface area contributed by atoms with E-state index in [-0.39, 0.29) is 16.0 Å². The molecule has 4 nitrogen and oxygen atoms in total. The third-order valence-electron chi connectivity index (χ3n) is 1.86. The molecule has 0 unspecified atom stereocenters. The fourth-order valence-electron chi connectivity index (χ4n) is 1.17. The van der Waals surface area contributed by atoms with Crippen LogP contribution in [0.15, 0.2) is 18.3 Å². The molecule has 0 aliphatic heterocycles. The number of nitrogens with zero attached hydrogens (tertiary/aromatic N) is 3. The van der Waals surface area contributed by atoms with Gasteiger partial charge in [0.1, 0.15) is 5.82 Å². The number of rotatable bonds is 1. The van der Waals surface area contributed by atoms with Crippen molar-refractivity contribution in [3.63, 3.8) is 0 Å². The lowest BCUT2D eigenvalue weighted by molar-refractivity contribution is 0.628. The first kappa shape index (κ1) is 11.0. The molecule has 1 aromatic carbocycles.